The van der Waals surface area contributed by atoms with Crippen LogP contribution in [0.2, 0.25) is 0 Å². The molecule has 3 rings (SSSR count). The number of hydrogen-bond acceptors (Lipinski definition) is 4. The number of amides is 1. The number of aromatic amines is 1. The summed E-state index contributed by atoms with van der Waals surface area (Å²) < 4.78 is 0. The minimum atomic E-state index is -0.00866. The predicted octanol–water partition coefficient (Wildman–Crippen LogP) is 0.940. The van der Waals surface area contributed by atoms with Crippen LogP contribution in [0.4, 0.5) is 0 Å². The second-order valence-corrected chi connectivity index (χ2v) is 5.60. The van der Waals surface area contributed by atoms with Gasteiger partial charge in [0.25, 0.3) is 5.91 Å². The Kier molecular flexibility index (Phi) is 3.50. The summed E-state index contributed by atoms with van der Waals surface area (Å²) in [6, 6.07) is 1.52. The first-order chi connectivity index (χ1) is 9.28. The first-order valence-corrected chi connectivity index (χ1v) is 7.20. The molecule has 2 atom stereocenters. The average Bonchev–Trinajstić information content (AvgIpc) is 3.05. The molecule has 2 unspecified atom stereocenters. The van der Waals surface area contributed by atoms with Gasteiger partial charge in [-0.05, 0) is 32.1 Å². The molecular weight excluding hydrogens is 242 g/mol. The van der Waals surface area contributed by atoms with Crippen molar-refractivity contribution >= 4 is 5.91 Å². The number of rotatable bonds is 4. The number of H-pyrrole nitrogens is 1. The van der Waals surface area contributed by atoms with E-state index in [9.17, 15) is 4.79 Å². The van der Waals surface area contributed by atoms with E-state index < -0.39 is 0 Å². The Hall–Kier alpha value is -1.43. The minimum absolute atomic E-state index is 0.00866. The number of piperidine rings is 1. The molecule has 3 heterocycles. The first kappa shape index (κ1) is 12.6. The van der Waals surface area contributed by atoms with Crippen LogP contribution in [0.15, 0.2) is 6.33 Å². The number of nitrogens with one attached hydrogen (secondary N) is 2. The lowest BCUT2D eigenvalue weighted by molar-refractivity contribution is 0.0604. The van der Waals surface area contributed by atoms with Crippen molar-refractivity contribution < 1.29 is 4.79 Å². The maximum atomic E-state index is 12.5. The molecule has 6 nitrogen and oxygen atoms in total. The van der Waals surface area contributed by atoms with Crippen molar-refractivity contribution in [2.24, 2.45) is 0 Å². The molecule has 19 heavy (non-hydrogen) atoms. The summed E-state index contributed by atoms with van der Waals surface area (Å²) in [6.07, 6.45) is 6.99. The lowest BCUT2D eigenvalue weighted by Crippen LogP contribution is -2.50. The smallest absolute Gasteiger partial charge is 0.291 e. The number of fused-ring (bicyclic) bond motifs is 2. The maximum absolute atomic E-state index is 12.5. The molecule has 2 N–H and O–H groups in total. The fourth-order valence-corrected chi connectivity index (χ4v) is 3.42. The number of hydrogen-bond donors (Lipinski definition) is 2. The van der Waals surface area contributed by atoms with E-state index in [4.69, 9.17) is 0 Å². The van der Waals surface area contributed by atoms with E-state index >= 15 is 0 Å². The second-order valence-electron chi connectivity index (χ2n) is 5.60. The summed E-state index contributed by atoms with van der Waals surface area (Å²) in [5.41, 5.74) is 0. The normalized spacial score (nSPS) is 29.4. The maximum Gasteiger partial charge on any atom is 0.291 e. The molecule has 0 aromatic carbocycles. The highest BCUT2D eigenvalue weighted by molar-refractivity contribution is 5.90. The van der Waals surface area contributed by atoms with Crippen LogP contribution < -0.4 is 5.32 Å². The molecule has 0 saturated carbocycles. The van der Waals surface area contributed by atoms with E-state index in [1.807, 2.05) is 4.90 Å². The number of nitrogens with zero attached hydrogens (tertiary/aromatic N) is 3. The largest absolute Gasteiger partial charge is 0.333 e. The molecule has 6 heteroatoms. The fourth-order valence-electron chi connectivity index (χ4n) is 3.42. The van der Waals surface area contributed by atoms with Gasteiger partial charge in [-0.1, -0.05) is 6.92 Å². The molecule has 0 spiro atoms. The lowest BCUT2D eigenvalue weighted by atomic mass is 9.97. The number of aromatic nitrogens is 3. The van der Waals surface area contributed by atoms with Crippen molar-refractivity contribution in [1.29, 1.82) is 0 Å². The summed E-state index contributed by atoms with van der Waals surface area (Å²) in [4.78, 5) is 18.5. The summed E-state index contributed by atoms with van der Waals surface area (Å²) in [6.45, 7) is 2.90. The Morgan fingerprint density at radius 3 is 2.74 bits per heavy atom. The van der Waals surface area contributed by atoms with Crippen molar-refractivity contribution in [1.82, 2.24) is 25.4 Å². The summed E-state index contributed by atoms with van der Waals surface area (Å²) in [5.74, 6) is 0.352. The third-order valence-electron chi connectivity index (χ3n) is 4.23. The molecule has 2 bridgehead atoms. The monoisotopic (exact) mass is 263 g/mol. The average molecular weight is 263 g/mol. The van der Waals surface area contributed by atoms with E-state index in [1.165, 1.54) is 19.2 Å². The van der Waals surface area contributed by atoms with Crippen molar-refractivity contribution in [2.45, 2.75) is 57.2 Å². The SMILES string of the molecule is CCCN(C(=O)c1ncn[nH]1)C1CC2CCC(C1)N2. The topological polar surface area (TPSA) is 73.9 Å². The number of carbonyl (C=O) groups is 1. The van der Waals surface area contributed by atoms with Crippen LogP contribution in [0.3, 0.4) is 0 Å². The quantitative estimate of drug-likeness (QED) is 0.848. The van der Waals surface area contributed by atoms with Crippen molar-refractivity contribution in [2.75, 3.05) is 6.54 Å². The molecule has 2 saturated heterocycles. The van der Waals surface area contributed by atoms with Crippen LogP contribution in [0.5, 0.6) is 0 Å². The van der Waals surface area contributed by atoms with Crippen molar-refractivity contribution in [3.63, 3.8) is 0 Å². The lowest BCUT2D eigenvalue weighted by Gasteiger charge is -2.37. The Balaban J connectivity index is 1.75. The Morgan fingerprint density at radius 1 is 1.42 bits per heavy atom. The third kappa shape index (κ3) is 2.49. The van der Waals surface area contributed by atoms with Gasteiger partial charge in [-0.3, -0.25) is 9.89 Å². The van der Waals surface area contributed by atoms with E-state index in [-0.39, 0.29) is 5.91 Å². The zero-order valence-corrected chi connectivity index (χ0v) is 11.3. The zero-order chi connectivity index (χ0) is 13.2. The molecule has 1 aromatic rings. The van der Waals surface area contributed by atoms with Crippen molar-refractivity contribution in [3.8, 4) is 0 Å². The molecule has 2 fully saturated rings. The van der Waals surface area contributed by atoms with Gasteiger partial charge in [-0.25, -0.2) is 4.98 Å². The number of carbonyl (C=O) groups excluding carboxylic acids is 1. The van der Waals surface area contributed by atoms with Crippen LogP contribution in [0, 0.1) is 0 Å². The highest BCUT2D eigenvalue weighted by atomic mass is 16.2. The van der Waals surface area contributed by atoms with Crippen LogP contribution in [-0.4, -0.2) is 50.7 Å². The standard InChI is InChI=1S/C13H21N5O/c1-2-5-18(13(19)12-14-8-15-17-12)11-6-9-3-4-10(7-11)16-9/h8-11,16H,2-7H2,1H3,(H,14,15,17). The van der Waals surface area contributed by atoms with Crippen LogP contribution >= 0.6 is 0 Å². The van der Waals surface area contributed by atoms with Gasteiger partial charge in [-0.2, -0.15) is 5.10 Å². The van der Waals surface area contributed by atoms with Crippen LogP contribution in [-0.2, 0) is 0 Å². The van der Waals surface area contributed by atoms with Gasteiger partial charge in [0.2, 0.25) is 5.82 Å². The minimum Gasteiger partial charge on any atom is -0.333 e. The van der Waals surface area contributed by atoms with Crippen LogP contribution in [0.25, 0.3) is 0 Å². The zero-order valence-electron chi connectivity index (χ0n) is 11.3. The van der Waals surface area contributed by atoms with Gasteiger partial charge >= 0.3 is 0 Å². The summed E-state index contributed by atoms with van der Waals surface area (Å²) in [5, 5.41) is 10.1. The molecule has 1 amide bonds. The van der Waals surface area contributed by atoms with Gasteiger partial charge in [0.05, 0.1) is 0 Å². The molecule has 1 aromatic heterocycles. The Bertz CT molecular complexity index is 420. The van der Waals surface area contributed by atoms with E-state index in [0.29, 0.717) is 23.9 Å². The fraction of sp³-hybridized carbons (Fsp3) is 0.769. The Morgan fingerprint density at radius 2 is 2.16 bits per heavy atom. The molecular formula is C13H21N5O. The van der Waals surface area contributed by atoms with Gasteiger partial charge in [-0.15, -0.1) is 0 Å². The third-order valence-corrected chi connectivity index (χ3v) is 4.23. The Labute approximate surface area is 113 Å². The summed E-state index contributed by atoms with van der Waals surface area (Å²) in [7, 11) is 0. The van der Waals surface area contributed by atoms with Crippen molar-refractivity contribution in [3.05, 3.63) is 12.2 Å². The predicted molar refractivity (Wildman–Crippen MR) is 70.7 cm³/mol. The molecule has 0 aliphatic carbocycles. The molecule has 104 valence electrons. The van der Waals surface area contributed by atoms with Gasteiger partial charge in [0.15, 0.2) is 0 Å². The molecule has 0 radical (unpaired) electrons. The highest BCUT2D eigenvalue weighted by Crippen LogP contribution is 2.30. The van der Waals surface area contributed by atoms with E-state index in [1.54, 1.807) is 0 Å². The molecule has 2 aliphatic heterocycles. The van der Waals surface area contributed by atoms with Gasteiger partial charge in [0.1, 0.15) is 6.33 Å². The molecule has 2 aliphatic rings. The van der Waals surface area contributed by atoms with Crippen LogP contribution in [0.1, 0.15) is 49.6 Å². The highest BCUT2D eigenvalue weighted by Gasteiger charge is 2.37. The van der Waals surface area contributed by atoms with E-state index in [2.05, 4.69) is 27.4 Å². The second kappa shape index (κ2) is 5.28. The van der Waals surface area contributed by atoms with Gasteiger partial charge in [0, 0.05) is 24.7 Å². The van der Waals surface area contributed by atoms with E-state index in [0.717, 1.165) is 25.8 Å². The summed E-state index contributed by atoms with van der Waals surface area (Å²) >= 11 is 0. The first-order valence-electron chi connectivity index (χ1n) is 7.20. The van der Waals surface area contributed by atoms with Gasteiger partial charge < -0.3 is 10.2 Å².